The molecule has 3 aliphatic heterocycles. The minimum atomic E-state index is -1.06. The molecule has 2 fully saturated rings. The van der Waals surface area contributed by atoms with Gasteiger partial charge in [-0.25, -0.2) is 4.39 Å². The highest BCUT2D eigenvalue weighted by molar-refractivity contribution is 6.23. The van der Waals surface area contributed by atoms with Crippen molar-refractivity contribution in [2.24, 2.45) is 5.92 Å². The van der Waals surface area contributed by atoms with Crippen LogP contribution in [-0.2, 0) is 16.0 Å². The Balaban J connectivity index is 1.32. The first-order valence-electron chi connectivity index (χ1n) is 11.3. The van der Waals surface area contributed by atoms with Crippen LogP contribution in [-0.4, -0.2) is 47.7 Å². The molecule has 0 bridgehead atoms. The maximum Gasteiger partial charge on any atom is 0.262 e. The summed E-state index contributed by atoms with van der Waals surface area (Å²) >= 11 is 0. The SMILES string of the molecule is O=C1CCC(N2C(=O)c3cc(F)c(N4CCC(Cc5ccccc5)CC4)cc3C2=O)C(=O)N1. The summed E-state index contributed by atoms with van der Waals surface area (Å²) in [6.07, 6.45) is 2.90. The van der Waals surface area contributed by atoms with E-state index in [0.29, 0.717) is 24.7 Å². The van der Waals surface area contributed by atoms with Gasteiger partial charge in [0.05, 0.1) is 16.8 Å². The summed E-state index contributed by atoms with van der Waals surface area (Å²) in [5, 5.41) is 2.16. The molecular formula is C25H24FN3O4. The van der Waals surface area contributed by atoms with Gasteiger partial charge < -0.3 is 4.90 Å². The van der Waals surface area contributed by atoms with Crippen molar-refractivity contribution >= 4 is 29.3 Å². The molecule has 4 amide bonds. The first-order valence-corrected chi connectivity index (χ1v) is 11.3. The first-order chi connectivity index (χ1) is 15.9. The van der Waals surface area contributed by atoms with Crippen LogP contribution in [0.3, 0.4) is 0 Å². The van der Waals surface area contributed by atoms with Crippen molar-refractivity contribution in [1.82, 2.24) is 10.2 Å². The third kappa shape index (κ3) is 3.90. The van der Waals surface area contributed by atoms with Gasteiger partial charge in [-0.1, -0.05) is 30.3 Å². The minimum Gasteiger partial charge on any atom is -0.369 e. The molecule has 5 rings (SSSR count). The number of imide groups is 2. The number of piperidine rings is 2. The quantitative estimate of drug-likeness (QED) is 0.726. The van der Waals surface area contributed by atoms with Gasteiger partial charge in [0, 0.05) is 19.5 Å². The Kier molecular flexibility index (Phi) is 5.44. The Bertz CT molecular complexity index is 1140. The monoisotopic (exact) mass is 449 g/mol. The van der Waals surface area contributed by atoms with E-state index in [1.165, 1.54) is 11.6 Å². The van der Waals surface area contributed by atoms with E-state index >= 15 is 4.39 Å². The zero-order valence-corrected chi connectivity index (χ0v) is 18.1. The fourth-order valence-corrected chi connectivity index (χ4v) is 5.05. The molecule has 8 heteroatoms. The average molecular weight is 449 g/mol. The third-order valence-corrected chi connectivity index (χ3v) is 6.83. The molecule has 0 aliphatic carbocycles. The molecular weight excluding hydrogens is 425 g/mol. The standard InChI is InChI=1S/C25H24FN3O4/c26-19-13-17-18(25(33)29(24(17)32)20-6-7-22(30)27-23(20)31)14-21(19)28-10-8-16(9-11-28)12-15-4-2-1-3-5-15/h1-5,13-14,16,20H,6-12H2,(H,27,30,31). The maximum absolute atomic E-state index is 15.0. The molecule has 0 saturated carbocycles. The molecule has 2 aromatic rings. The molecule has 2 aromatic carbocycles. The van der Waals surface area contributed by atoms with Crippen molar-refractivity contribution in [1.29, 1.82) is 0 Å². The second kappa shape index (κ2) is 8.42. The second-order valence-corrected chi connectivity index (χ2v) is 8.92. The Morgan fingerprint density at radius 3 is 2.24 bits per heavy atom. The van der Waals surface area contributed by atoms with Crippen LogP contribution in [0.15, 0.2) is 42.5 Å². The fourth-order valence-electron chi connectivity index (χ4n) is 5.05. The highest BCUT2D eigenvalue weighted by atomic mass is 19.1. The summed E-state index contributed by atoms with van der Waals surface area (Å²) in [6, 6.07) is 11.8. The number of carbonyl (C=O) groups is 4. The van der Waals surface area contributed by atoms with E-state index in [2.05, 4.69) is 17.4 Å². The molecule has 0 spiro atoms. The van der Waals surface area contributed by atoms with Gasteiger partial charge in [0.15, 0.2) is 0 Å². The van der Waals surface area contributed by atoms with Crippen molar-refractivity contribution in [3.63, 3.8) is 0 Å². The predicted octanol–water partition coefficient (Wildman–Crippen LogP) is 2.69. The van der Waals surface area contributed by atoms with Crippen molar-refractivity contribution in [2.75, 3.05) is 18.0 Å². The van der Waals surface area contributed by atoms with E-state index in [9.17, 15) is 19.2 Å². The number of nitrogens with zero attached hydrogens (tertiary/aromatic N) is 2. The number of hydrogen-bond donors (Lipinski definition) is 1. The van der Waals surface area contributed by atoms with E-state index < -0.39 is 35.5 Å². The lowest BCUT2D eigenvalue weighted by atomic mass is 9.90. The number of hydrogen-bond acceptors (Lipinski definition) is 5. The van der Waals surface area contributed by atoms with Crippen LogP contribution in [0.2, 0.25) is 0 Å². The van der Waals surface area contributed by atoms with Crippen molar-refractivity contribution in [3.05, 3.63) is 65.0 Å². The summed E-state index contributed by atoms with van der Waals surface area (Å²) in [6.45, 7) is 1.32. The second-order valence-electron chi connectivity index (χ2n) is 8.92. The summed E-state index contributed by atoms with van der Waals surface area (Å²) in [7, 11) is 0. The minimum absolute atomic E-state index is 0.0371. The van der Waals surface area contributed by atoms with Crippen LogP contribution in [0.4, 0.5) is 10.1 Å². The molecule has 0 radical (unpaired) electrons. The van der Waals surface area contributed by atoms with E-state index in [4.69, 9.17) is 0 Å². The van der Waals surface area contributed by atoms with Gasteiger partial charge >= 0.3 is 0 Å². The highest BCUT2D eigenvalue weighted by Crippen LogP contribution is 2.34. The first kappa shape index (κ1) is 21.3. The smallest absolute Gasteiger partial charge is 0.262 e. The zero-order chi connectivity index (χ0) is 23.1. The summed E-state index contributed by atoms with van der Waals surface area (Å²) in [5.74, 6) is -2.48. The van der Waals surface area contributed by atoms with Crippen molar-refractivity contribution in [2.45, 2.75) is 38.1 Å². The summed E-state index contributed by atoms with van der Waals surface area (Å²) in [4.78, 5) is 52.3. The molecule has 1 unspecified atom stereocenters. The average Bonchev–Trinajstić information content (AvgIpc) is 3.04. The Morgan fingerprint density at radius 2 is 1.58 bits per heavy atom. The fraction of sp³-hybridized carbons (Fsp3) is 0.360. The van der Waals surface area contributed by atoms with Gasteiger partial charge in [0.1, 0.15) is 11.9 Å². The summed E-state index contributed by atoms with van der Waals surface area (Å²) in [5.41, 5.74) is 1.66. The lowest BCUT2D eigenvalue weighted by Crippen LogP contribution is -2.54. The maximum atomic E-state index is 15.0. The largest absolute Gasteiger partial charge is 0.369 e. The molecule has 170 valence electrons. The summed E-state index contributed by atoms with van der Waals surface area (Å²) < 4.78 is 15.0. The van der Waals surface area contributed by atoms with Crippen LogP contribution < -0.4 is 10.2 Å². The number of rotatable bonds is 4. The molecule has 0 aromatic heterocycles. The van der Waals surface area contributed by atoms with Crippen LogP contribution in [0.25, 0.3) is 0 Å². The number of fused-ring (bicyclic) bond motifs is 1. The Hall–Kier alpha value is -3.55. The van der Waals surface area contributed by atoms with E-state index in [-0.39, 0.29) is 24.0 Å². The number of benzene rings is 2. The van der Waals surface area contributed by atoms with Gasteiger partial charge in [-0.2, -0.15) is 0 Å². The van der Waals surface area contributed by atoms with Gasteiger partial charge in [-0.3, -0.25) is 29.4 Å². The molecule has 7 nitrogen and oxygen atoms in total. The van der Waals surface area contributed by atoms with Crippen LogP contribution in [0.1, 0.15) is 52.0 Å². The molecule has 3 heterocycles. The molecule has 1 N–H and O–H groups in total. The van der Waals surface area contributed by atoms with Gasteiger partial charge in [-0.05, 0) is 49.3 Å². The highest BCUT2D eigenvalue weighted by Gasteiger charge is 2.45. The Morgan fingerprint density at radius 1 is 0.909 bits per heavy atom. The van der Waals surface area contributed by atoms with Gasteiger partial charge in [0.2, 0.25) is 11.8 Å². The lowest BCUT2D eigenvalue weighted by molar-refractivity contribution is -0.136. The molecule has 2 saturated heterocycles. The van der Waals surface area contributed by atoms with Crippen LogP contribution in [0, 0.1) is 11.7 Å². The van der Waals surface area contributed by atoms with Crippen LogP contribution >= 0.6 is 0 Å². The number of nitrogens with one attached hydrogen (secondary N) is 1. The van der Waals surface area contributed by atoms with E-state index in [0.717, 1.165) is 30.2 Å². The topological polar surface area (TPSA) is 86.8 Å². The zero-order valence-electron chi connectivity index (χ0n) is 18.1. The van der Waals surface area contributed by atoms with Crippen LogP contribution in [0.5, 0.6) is 0 Å². The number of halogens is 1. The van der Waals surface area contributed by atoms with Gasteiger partial charge in [-0.15, -0.1) is 0 Å². The number of amides is 4. The number of carbonyl (C=O) groups excluding carboxylic acids is 4. The Labute approximate surface area is 190 Å². The normalized spacial score (nSPS) is 21.4. The van der Waals surface area contributed by atoms with Crippen molar-refractivity contribution < 1.29 is 23.6 Å². The van der Waals surface area contributed by atoms with Crippen molar-refractivity contribution in [3.8, 4) is 0 Å². The lowest BCUT2D eigenvalue weighted by Gasteiger charge is -2.34. The van der Waals surface area contributed by atoms with Gasteiger partial charge in [0.25, 0.3) is 11.8 Å². The molecule has 1 atom stereocenters. The third-order valence-electron chi connectivity index (χ3n) is 6.83. The number of anilines is 1. The van der Waals surface area contributed by atoms with E-state index in [1.54, 1.807) is 0 Å². The predicted molar refractivity (Wildman–Crippen MR) is 118 cm³/mol. The van der Waals surface area contributed by atoms with E-state index in [1.807, 2.05) is 23.1 Å². The molecule has 33 heavy (non-hydrogen) atoms. The molecule has 3 aliphatic rings.